The van der Waals surface area contributed by atoms with Gasteiger partial charge in [-0.05, 0) is 161 Å². The van der Waals surface area contributed by atoms with E-state index in [4.69, 9.17) is 66.3 Å². The molecule has 0 bridgehead atoms. The standard InChI is InChI=1S/2C24H10F8I2N2O2.5C4H8O2.2HI/c2*25-11-15(29)23(16(30)12(26)19(11)33)37-21(9-1-5-35-6-2-9)22(10-3-7-36-8-4-10)38-24-17(31)13(27)20(34)14(28)18(24)32;5*1-2-6-4-3-5-1;;/h2*1-8,21-22H;5*1-4H2;2*1H/t2*21-,22-;;;;;;;/m10......./s1. The van der Waals surface area contributed by atoms with Crippen LogP contribution in [-0.2, 0) is 47.4 Å². The number of hydrogen-bond donors (Lipinski definition) is 0. The molecule has 5 saturated heterocycles. The van der Waals surface area contributed by atoms with Crippen molar-refractivity contribution in [2.24, 2.45) is 0 Å². The summed E-state index contributed by atoms with van der Waals surface area (Å²) >= 11 is 4.22. The highest BCUT2D eigenvalue weighted by Gasteiger charge is 2.39. The minimum Gasteiger partial charge on any atom is -1.00 e. The van der Waals surface area contributed by atoms with Crippen molar-refractivity contribution in [2.75, 3.05) is 132 Å². The van der Waals surface area contributed by atoms with Crippen molar-refractivity contribution < 1.29 is 187 Å². The summed E-state index contributed by atoms with van der Waals surface area (Å²) in [6.07, 6.45) is 2.44. The normalized spacial score (nSPS) is 15.7. The van der Waals surface area contributed by atoms with E-state index in [1.165, 1.54) is 98.1 Å². The summed E-state index contributed by atoms with van der Waals surface area (Å²) in [6, 6.07) is 9.99. The van der Waals surface area contributed by atoms with Crippen molar-refractivity contribution in [3.8, 4) is 23.0 Å². The van der Waals surface area contributed by atoms with Crippen LogP contribution in [0.1, 0.15) is 49.5 Å². The number of pyridine rings is 4. The fraction of sp³-hybridized carbons (Fsp3) is 0.353. The molecule has 0 radical (unpaired) electrons. The van der Waals surface area contributed by atoms with Crippen LogP contribution in [0.3, 0.4) is 0 Å². The van der Waals surface area contributed by atoms with Crippen LogP contribution < -0.4 is 66.9 Å². The summed E-state index contributed by atoms with van der Waals surface area (Å²) in [6.45, 7) is 15.6. The Kier molecular flexibility index (Phi) is 43.5. The lowest BCUT2D eigenvalue weighted by Crippen LogP contribution is -3.00. The number of halogens is 22. The monoisotopic (exact) mass is 2220 g/mol. The van der Waals surface area contributed by atoms with Gasteiger partial charge in [0.1, 0.15) is 0 Å². The van der Waals surface area contributed by atoms with E-state index >= 15 is 0 Å². The molecule has 0 aliphatic carbocycles. The third kappa shape index (κ3) is 27.4. The first-order valence-electron chi connectivity index (χ1n) is 31.2. The van der Waals surface area contributed by atoms with E-state index in [1.54, 1.807) is 0 Å². The highest BCUT2D eigenvalue weighted by Crippen LogP contribution is 2.45. The molecule has 13 rings (SSSR count). The Morgan fingerprint density at radius 1 is 0.222 bits per heavy atom. The number of nitrogens with zero attached hydrogens (tertiary/aromatic N) is 4. The van der Waals surface area contributed by atoms with Gasteiger partial charge in [0.25, 0.3) is 0 Å². The Hall–Kier alpha value is -4.46. The quantitative estimate of drug-likeness (QED) is 0.0434. The lowest BCUT2D eigenvalue weighted by molar-refractivity contribution is -0.0334. The number of hydrogen-bond acceptors (Lipinski definition) is 18. The Bertz CT molecular complexity index is 3360. The number of rotatable bonds is 14. The predicted molar refractivity (Wildman–Crippen MR) is 377 cm³/mol. The lowest BCUT2D eigenvalue weighted by atomic mass is 9.99. The van der Waals surface area contributed by atoms with Gasteiger partial charge >= 0.3 is 2.85 Å². The van der Waals surface area contributed by atoms with Crippen LogP contribution >= 0.6 is 90.4 Å². The van der Waals surface area contributed by atoms with Crippen molar-refractivity contribution in [3.05, 3.63) is 228 Å². The number of benzene rings is 4. The predicted octanol–water partition coefficient (Wildman–Crippen LogP) is 9.88. The second-order valence-electron chi connectivity index (χ2n) is 21.0. The summed E-state index contributed by atoms with van der Waals surface area (Å²) in [5.41, 5.74) is -0.0287. The minimum absolute atomic E-state index is 0. The third-order valence-electron chi connectivity index (χ3n) is 14.1. The van der Waals surface area contributed by atoms with Crippen LogP contribution in [0.15, 0.2) is 98.1 Å². The van der Waals surface area contributed by atoms with Gasteiger partial charge in [-0.1, -0.05) is 0 Å². The molecule has 5 fully saturated rings. The molecule has 4 aromatic heterocycles. The molecule has 5 aliphatic rings. The maximum absolute atomic E-state index is 14.8. The minimum atomic E-state index is -1.90. The van der Waals surface area contributed by atoms with E-state index in [1.807, 2.05) is 0 Å². The van der Waals surface area contributed by atoms with Gasteiger partial charge in [0.15, 0.2) is 94.0 Å². The fourth-order valence-corrected chi connectivity index (χ4v) is 10.8. The molecule has 9 heterocycles. The molecule has 18 nitrogen and oxygen atoms in total. The summed E-state index contributed by atoms with van der Waals surface area (Å²) in [5, 5.41) is 0. The SMILES string of the molecule is C1COCCO1.C1COCCO1.C1COCCO1.C1COCCO1.C1COCCO1.Fc1c(F)c(O[C@@H](c2ccncc2)[C@@H](Oc2c(F)c(F)c(I)c(F)c2F)c2ccncc2)c(F)c(F)c1I.Fc1c(F)c(O[C@H](c2ccncc2)[C@H](Oc2c(F)c(F)c(I)c(F)c2F)c2ccncc2)c(F)c(F)c1I.[H+].[H+].[I-].[I-]. The molecule has 0 amide bonds. The number of aromatic nitrogens is 4. The van der Waals surface area contributed by atoms with Gasteiger partial charge < -0.3 is 114 Å². The van der Waals surface area contributed by atoms with Gasteiger partial charge in [0, 0.05) is 49.6 Å². The average Bonchev–Trinajstić information content (AvgIpc) is 0.785. The van der Waals surface area contributed by atoms with Crippen LogP contribution in [0.2, 0.25) is 0 Å². The van der Waals surface area contributed by atoms with E-state index in [-0.39, 0.29) is 73.1 Å². The van der Waals surface area contributed by atoms with E-state index < -0.39 is 155 Å². The zero-order valence-electron chi connectivity index (χ0n) is 57.5. The molecule has 5 aliphatic heterocycles. The summed E-state index contributed by atoms with van der Waals surface area (Å²) in [7, 11) is 0. The second kappa shape index (κ2) is 49.9. The molecule has 0 spiro atoms. The Labute approximate surface area is 698 Å². The molecular formula is C68H62F16I6N4O14. The topological polar surface area (TPSA) is 181 Å². The van der Waals surface area contributed by atoms with E-state index in [0.29, 0.717) is 0 Å². The van der Waals surface area contributed by atoms with Gasteiger partial charge in [-0.15, -0.1) is 0 Å². The van der Waals surface area contributed by atoms with Crippen LogP contribution in [0.4, 0.5) is 70.2 Å². The summed E-state index contributed by atoms with van der Waals surface area (Å²) < 4.78 is 299. The van der Waals surface area contributed by atoms with Crippen LogP contribution in [0.5, 0.6) is 23.0 Å². The van der Waals surface area contributed by atoms with Crippen molar-refractivity contribution in [3.63, 3.8) is 0 Å². The van der Waals surface area contributed by atoms with Gasteiger partial charge in [0.05, 0.1) is 146 Å². The Morgan fingerprint density at radius 2 is 0.333 bits per heavy atom. The third-order valence-corrected chi connectivity index (χ3v) is 17.9. The highest BCUT2D eigenvalue weighted by atomic mass is 127. The molecule has 4 aromatic carbocycles. The van der Waals surface area contributed by atoms with Gasteiger partial charge in [-0.3, -0.25) is 19.9 Å². The molecule has 40 heteroatoms. The maximum atomic E-state index is 14.8. The van der Waals surface area contributed by atoms with Crippen LogP contribution in [0, 0.1) is 107 Å². The molecule has 0 N–H and O–H groups in total. The van der Waals surface area contributed by atoms with Crippen molar-refractivity contribution in [1.82, 2.24) is 19.9 Å². The first kappa shape index (κ1) is 94.1. The largest absolute Gasteiger partial charge is 1.00 e. The van der Waals surface area contributed by atoms with Gasteiger partial charge in [-0.2, -0.15) is 35.1 Å². The first-order chi connectivity index (χ1) is 51.1. The van der Waals surface area contributed by atoms with Gasteiger partial charge in [-0.25, -0.2) is 35.1 Å². The average molecular weight is 2220 g/mol. The Morgan fingerprint density at radius 3 is 0.435 bits per heavy atom. The maximum Gasteiger partial charge on any atom is 1.00 e. The summed E-state index contributed by atoms with van der Waals surface area (Å²) in [5.74, 6) is -35.3. The van der Waals surface area contributed by atoms with Crippen molar-refractivity contribution in [2.45, 2.75) is 24.4 Å². The zero-order valence-corrected chi connectivity index (χ0v) is 68.5. The van der Waals surface area contributed by atoms with Gasteiger partial charge in [0.2, 0.25) is 46.5 Å². The number of ether oxygens (including phenoxy) is 14. The Balaban J connectivity index is 0.000000400. The van der Waals surface area contributed by atoms with E-state index in [0.717, 1.165) is 223 Å². The summed E-state index contributed by atoms with van der Waals surface area (Å²) in [4.78, 5) is 15.2. The van der Waals surface area contributed by atoms with Crippen LogP contribution in [-0.4, -0.2) is 152 Å². The zero-order chi connectivity index (χ0) is 76.7. The molecular weight excluding hydrogens is 2160 g/mol. The molecule has 592 valence electrons. The smallest absolute Gasteiger partial charge is 1.00 e. The van der Waals surface area contributed by atoms with Crippen molar-refractivity contribution >= 4 is 90.4 Å². The second-order valence-corrected chi connectivity index (χ2v) is 25.3. The first-order valence-corrected chi connectivity index (χ1v) is 35.5. The fourth-order valence-electron chi connectivity index (χ4n) is 8.89. The molecule has 0 unspecified atom stereocenters. The molecule has 8 aromatic rings. The molecule has 0 saturated carbocycles. The molecule has 4 atom stereocenters. The van der Waals surface area contributed by atoms with E-state index in [9.17, 15) is 70.2 Å². The lowest BCUT2D eigenvalue weighted by Gasteiger charge is -2.30. The van der Waals surface area contributed by atoms with E-state index in [2.05, 4.69) is 19.9 Å². The highest BCUT2D eigenvalue weighted by molar-refractivity contribution is 14.1. The van der Waals surface area contributed by atoms with Crippen molar-refractivity contribution in [1.29, 1.82) is 0 Å². The van der Waals surface area contributed by atoms with Crippen LogP contribution in [0.25, 0.3) is 0 Å². The molecule has 108 heavy (non-hydrogen) atoms.